The summed E-state index contributed by atoms with van der Waals surface area (Å²) in [6, 6.07) is 5.32. The number of amides is 2. The average molecular weight is 487 g/mol. The van der Waals surface area contributed by atoms with Gasteiger partial charge in [0.25, 0.3) is 5.91 Å². The molecule has 1 aromatic carbocycles. The molecule has 11 heteroatoms. The molecule has 1 aliphatic rings. The lowest BCUT2D eigenvalue weighted by molar-refractivity contribution is -0.125. The van der Waals surface area contributed by atoms with Crippen LogP contribution in [-0.4, -0.2) is 47.5 Å². The van der Waals surface area contributed by atoms with Crippen molar-refractivity contribution in [1.82, 2.24) is 25.9 Å². The van der Waals surface area contributed by atoms with Crippen molar-refractivity contribution in [3.8, 4) is 6.07 Å². The van der Waals surface area contributed by atoms with Gasteiger partial charge in [-0.15, -0.1) is 5.48 Å². The Kier molecular flexibility index (Phi) is 8.43. The van der Waals surface area contributed by atoms with Crippen LogP contribution in [0, 0.1) is 22.6 Å². The Morgan fingerprint density at radius 1 is 1.37 bits per heavy atom. The van der Waals surface area contributed by atoms with Crippen molar-refractivity contribution in [3.63, 3.8) is 0 Å². The molecule has 35 heavy (non-hydrogen) atoms. The molecule has 0 saturated carbocycles. The largest absolute Gasteiger partial charge is 0.409 e. The van der Waals surface area contributed by atoms with Gasteiger partial charge in [-0.2, -0.15) is 10.4 Å². The lowest BCUT2D eigenvalue weighted by Gasteiger charge is -2.30. The van der Waals surface area contributed by atoms with E-state index < -0.39 is 29.4 Å². The highest BCUT2D eigenvalue weighted by molar-refractivity contribution is 6.06. The van der Waals surface area contributed by atoms with Gasteiger partial charge in [0.05, 0.1) is 18.1 Å². The fraction of sp³-hybridized carbons (Fsp3) is 0.500. The van der Waals surface area contributed by atoms with Crippen molar-refractivity contribution >= 4 is 22.7 Å². The van der Waals surface area contributed by atoms with Gasteiger partial charge in [-0.3, -0.25) is 14.3 Å². The van der Waals surface area contributed by atoms with Gasteiger partial charge >= 0.3 is 0 Å². The number of hydrogen-bond donors (Lipinski definition) is 3. The number of hydrogen-bond acceptors (Lipinski definition) is 7. The fourth-order valence-corrected chi connectivity index (χ4v) is 3.68. The molecule has 10 nitrogen and oxygen atoms in total. The third-order valence-corrected chi connectivity index (χ3v) is 5.58. The molecule has 0 saturated heterocycles. The summed E-state index contributed by atoms with van der Waals surface area (Å²) in [6.07, 6.45) is 3.04. The SMILES string of the molecule is COC1C=C(CNC(=O)C(NC(=O)c2nn(CCCCC#N)c3cc(F)ccc23)C(C)(C)C)ON1. The molecular formula is C24H31FN6O4. The molecule has 1 aliphatic heterocycles. The highest BCUT2D eigenvalue weighted by atomic mass is 19.1. The van der Waals surface area contributed by atoms with E-state index in [9.17, 15) is 14.0 Å². The summed E-state index contributed by atoms with van der Waals surface area (Å²) in [5.74, 6) is -0.872. The van der Waals surface area contributed by atoms with Gasteiger partial charge in [-0.05, 0) is 36.5 Å². The molecule has 2 heterocycles. The van der Waals surface area contributed by atoms with E-state index in [0.717, 1.165) is 0 Å². The van der Waals surface area contributed by atoms with E-state index in [1.54, 1.807) is 10.8 Å². The predicted molar refractivity (Wildman–Crippen MR) is 126 cm³/mol. The first kappa shape index (κ1) is 26.1. The minimum atomic E-state index is -0.875. The van der Waals surface area contributed by atoms with Gasteiger partial charge in [-0.1, -0.05) is 20.8 Å². The van der Waals surface area contributed by atoms with Crippen LogP contribution >= 0.6 is 0 Å². The number of rotatable bonds is 10. The number of ether oxygens (including phenoxy) is 1. The average Bonchev–Trinajstić information content (AvgIpc) is 3.42. The molecule has 2 unspecified atom stereocenters. The minimum Gasteiger partial charge on any atom is -0.409 e. The monoisotopic (exact) mass is 486 g/mol. The van der Waals surface area contributed by atoms with Crippen molar-refractivity contribution in [3.05, 3.63) is 41.5 Å². The second kappa shape index (κ2) is 11.3. The Balaban J connectivity index is 1.77. The van der Waals surface area contributed by atoms with E-state index in [1.165, 1.54) is 25.3 Å². The fourth-order valence-electron chi connectivity index (χ4n) is 3.68. The number of nitriles is 1. The van der Waals surface area contributed by atoms with Gasteiger partial charge in [-0.25, -0.2) is 4.39 Å². The summed E-state index contributed by atoms with van der Waals surface area (Å²) in [7, 11) is 1.52. The standard InChI is InChI=1S/C24H31FN6O4/c1-24(2,3)21(23(33)27-14-16-13-19(34-4)30-35-16)28-22(32)20-17-9-8-15(25)12-18(17)31(29-20)11-7-5-6-10-26/h8-9,12-13,19,21,30H,5-7,11,14H2,1-4H3,(H,27,33)(H,28,32). The van der Waals surface area contributed by atoms with Crippen molar-refractivity contribution in [2.24, 2.45) is 5.41 Å². The molecule has 2 amide bonds. The van der Waals surface area contributed by atoms with E-state index in [-0.39, 0.29) is 18.1 Å². The molecule has 0 spiro atoms. The van der Waals surface area contributed by atoms with Gasteiger partial charge in [0.2, 0.25) is 5.91 Å². The number of aryl methyl sites for hydroxylation is 1. The van der Waals surface area contributed by atoms with Crippen molar-refractivity contribution in [2.45, 2.75) is 58.8 Å². The van der Waals surface area contributed by atoms with E-state index in [4.69, 9.17) is 14.8 Å². The van der Waals surface area contributed by atoms with E-state index in [2.05, 4.69) is 27.3 Å². The Morgan fingerprint density at radius 3 is 2.80 bits per heavy atom. The number of nitrogens with zero attached hydrogens (tertiary/aromatic N) is 3. The Labute approximate surface area is 203 Å². The number of carbonyl (C=O) groups is 2. The zero-order valence-corrected chi connectivity index (χ0v) is 20.4. The number of aromatic nitrogens is 2. The molecule has 3 N–H and O–H groups in total. The third-order valence-electron chi connectivity index (χ3n) is 5.58. The highest BCUT2D eigenvalue weighted by Crippen LogP contribution is 2.24. The Hall–Kier alpha value is -3.49. The molecule has 0 fully saturated rings. The number of nitrogens with one attached hydrogen (secondary N) is 3. The first-order valence-corrected chi connectivity index (χ1v) is 11.4. The lowest BCUT2D eigenvalue weighted by Crippen LogP contribution is -2.54. The molecule has 1 aromatic heterocycles. The van der Waals surface area contributed by atoms with Crippen LogP contribution in [0.25, 0.3) is 10.9 Å². The summed E-state index contributed by atoms with van der Waals surface area (Å²) in [4.78, 5) is 31.5. The first-order valence-electron chi connectivity index (χ1n) is 11.4. The lowest BCUT2D eigenvalue weighted by atomic mass is 9.86. The van der Waals surface area contributed by atoms with Crippen LogP contribution in [0.5, 0.6) is 0 Å². The molecule has 3 rings (SSSR count). The number of carbonyl (C=O) groups excluding carboxylic acids is 2. The molecule has 0 bridgehead atoms. The second-order valence-electron chi connectivity index (χ2n) is 9.35. The second-order valence-corrected chi connectivity index (χ2v) is 9.35. The highest BCUT2D eigenvalue weighted by Gasteiger charge is 2.34. The summed E-state index contributed by atoms with van der Waals surface area (Å²) in [6.45, 7) is 6.07. The molecule has 2 aromatic rings. The molecular weight excluding hydrogens is 455 g/mol. The summed E-state index contributed by atoms with van der Waals surface area (Å²) in [5, 5.41) is 19.2. The molecule has 2 atom stereocenters. The third kappa shape index (κ3) is 6.55. The van der Waals surface area contributed by atoms with Crippen LogP contribution in [0.4, 0.5) is 4.39 Å². The van der Waals surface area contributed by atoms with Crippen LogP contribution in [0.3, 0.4) is 0 Å². The molecule has 188 valence electrons. The van der Waals surface area contributed by atoms with Gasteiger partial charge in [0, 0.05) is 31.5 Å². The number of hydroxylamine groups is 1. The number of benzene rings is 1. The zero-order chi connectivity index (χ0) is 25.6. The first-order chi connectivity index (χ1) is 16.6. The summed E-state index contributed by atoms with van der Waals surface area (Å²) < 4.78 is 20.6. The van der Waals surface area contributed by atoms with Gasteiger partial charge < -0.3 is 20.2 Å². The number of methoxy groups -OCH3 is 1. The smallest absolute Gasteiger partial charge is 0.273 e. The maximum Gasteiger partial charge on any atom is 0.273 e. The van der Waals surface area contributed by atoms with E-state index in [1.807, 2.05) is 20.8 Å². The van der Waals surface area contributed by atoms with Gasteiger partial charge in [0.1, 0.15) is 17.6 Å². The Bertz CT molecular complexity index is 1150. The predicted octanol–water partition coefficient (Wildman–Crippen LogP) is 2.52. The maximum atomic E-state index is 13.9. The van der Waals surface area contributed by atoms with Gasteiger partial charge in [0.15, 0.2) is 11.9 Å². The molecule has 0 radical (unpaired) electrons. The molecule has 0 aliphatic carbocycles. The topological polar surface area (TPSA) is 130 Å². The zero-order valence-electron chi connectivity index (χ0n) is 20.4. The van der Waals surface area contributed by atoms with Crippen LogP contribution < -0.4 is 16.1 Å². The van der Waals surface area contributed by atoms with Crippen LogP contribution in [0.1, 0.15) is 50.5 Å². The van der Waals surface area contributed by atoms with E-state index in [0.29, 0.717) is 42.5 Å². The number of unbranched alkanes of at least 4 members (excludes halogenated alkanes) is 2. The van der Waals surface area contributed by atoms with E-state index >= 15 is 0 Å². The van der Waals surface area contributed by atoms with Crippen LogP contribution in [0.2, 0.25) is 0 Å². The quantitative estimate of drug-likeness (QED) is 0.440. The summed E-state index contributed by atoms with van der Waals surface area (Å²) >= 11 is 0. The normalized spacial score (nSPS) is 16.3. The summed E-state index contributed by atoms with van der Waals surface area (Å²) in [5.41, 5.74) is 2.63. The van der Waals surface area contributed by atoms with Crippen LogP contribution in [-0.2, 0) is 20.9 Å². The van der Waals surface area contributed by atoms with Crippen molar-refractivity contribution < 1.29 is 23.6 Å². The van der Waals surface area contributed by atoms with Crippen molar-refractivity contribution in [2.75, 3.05) is 13.7 Å². The number of halogens is 1. The minimum absolute atomic E-state index is 0.108. The Morgan fingerprint density at radius 2 is 2.14 bits per heavy atom. The maximum absolute atomic E-state index is 13.9. The van der Waals surface area contributed by atoms with Crippen molar-refractivity contribution in [1.29, 1.82) is 5.26 Å². The van der Waals surface area contributed by atoms with Crippen LogP contribution in [0.15, 0.2) is 30.0 Å². The number of fused-ring (bicyclic) bond motifs is 1.